The van der Waals surface area contributed by atoms with E-state index in [-0.39, 0.29) is 12.1 Å². The third kappa shape index (κ3) is 4.50. The molecule has 1 atom stereocenters. The van der Waals surface area contributed by atoms with Crippen LogP contribution in [0.4, 0.5) is 10.5 Å². The number of nitrogens with zero attached hydrogens (tertiary/aromatic N) is 1. The van der Waals surface area contributed by atoms with Crippen molar-refractivity contribution >= 4 is 34.9 Å². The van der Waals surface area contributed by atoms with Crippen LogP contribution in [0.5, 0.6) is 0 Å². The zero-order chi connectivity index (χ0) is 17.6. The van der Waals surface area contributed by atoms with Crippen molar-refractivity contribution in [3.05, 3.63) is 94.2 Å². The Bertz CT molecular complexity index is 818. The van der Waals surface area contributed by atoms with Crippen LogP contribution in [0, 0.1) is 0 Å². The molecule has 0 radical (unpaired) electrons. The van der Waals surface area contributed by atoms with Gasteiger partial charge in [-0.1, -0.05) is 59.6 Å². The number of anilines is 1. The molecule has 0 aliphatic heterocycles. The number of aromatic nitrogens is 1. The Kier molecular flexibility index (Phi) is 5.53. The molecule has 0 fully saturated rings. The van der Waals surface area contributed by atoms with Crippen molar-refractivity contribution in [2.24, 2.45) is 0 Å². The Morgan fingerprint density at radius 2 is 1.68 bits per heavy atom. The molecule has 2 amide bonds. The molecular formula is C19H15Cl2N3O. The third-order valence-electron chi connectivity index (χ3n) is 3.57. The summed E-state index contributed by atoms with van der Waals surface area (Å²) >= 11 is 11.9. The van der Waals surface area contributed by atoms with E-state index in [0.717, 1.165) is 11.3 Å². The fourth-order valence-corrected chi connectivity index (χ4v) is 2.69. The van der Waals surface area contributed by atoms with Gasteiger partial charge in [0.1, 0.15) is 0 Å². The Hall–Kier alpha value is -2.56. The number of carbonyl (C=O) groups excluding carboxylic acids is 1. The molecule has 6 heteroatoms. The van der Waals surface area contributed by atoms with Crippen molar-refractivity contribution in [1.29, 1.82) is 0 Å². The van der Waals surface area contributed by atoms with Crippen molar-refractivity contribution in [3.63, 3.8) is 0 Å². The van der Waals surface area contributed by atoms with E-state index >= 15 is 0 Å². The van der Waals surface area contributed by atoms with Gasteiger partial charge in [-0.05, 0) is 35.9 Å². The van der Waals surface area contributed by atoms with E-state index in [1.54, 1.807) is 24.4 Å². The minimum atomic E-state index is -0.370. The maximum Gasteiger partial charge on any atom is 0.320 e. The van der Waals surface area contributed by atoms with Gasteiger partial charge in [-0.25, -0.2) is 4.79 Å². The molecule has 1 heterocycles. The Labute approximate surface area is 155 Å². The van der Waals surface area contributed by atoms with Crippen molar-refractivity contribution in [3.8, 4) is 0 Å². The molecule has 1 aromatic heterocycles. The van der Waals surface area contributed by atoms with E-state index < -0.39 is 0 Å². The van der Waals surface area contributed by atoms with Gasteiger partial charge in [-0.15, -0.1) is 0 Å². The summed E-state index contributed by atoms with van der Waals surface area (Å²) in [6.45, 7) is 0. The second-order valence-electron chi connectivity index (χ2n) is 5.33. The van der Waals surface area contributed by atoms with E-state index in [0.29, 0.717) is 15.7 Å². The van der Waals surface area contributed by atoms with Crippen LogP contribution >= 0.6 is 23.2 Å². The first kappa shape index (κ1) is 17.3. The standard InChI is InChI=1S/C19H15Cl2N3O/c20-15-10-9-14(12-16(15)21)23-19(25)24-18(13-6-2-1-3-7-13)17-8-4-5-11-22-17/h1-12,18H,(H2,23,24,25). The lowest BCUT2D eigenvalue weighted by atomic mass is 10.0. The maximum absolute atomic E-state index is 12.4. The van der Waals surface area contributed by atoms with E-state index in [1.807, 2.05) is 48.5 Å². The van der Waals surface area contributed by atoms with Crippen molar-refractivity contribution in [2.75, 3.05) is 5.32 Å². The lowest BCUT2D eigenvalue weighted by Crippen LogP contribution is -2.33. The van der Waals surface area contributed by atoms with Gasteiger partial charge in [0.2, 0.25) is 0 Å². The second kappa shape index (κ2) is 8.01. The minimum absolute atomic E-state index is 0.363. The molecule has 3 aromatic rings. The summed E-state index contributed by atoms with van der Waals surface area (Å²) in [6, 6.07) is 19.4. The maximum atomic E-state index is 12.4. The van der Waals surface area contributed by atoms with Gasteiger partial charge >= 0.3 is 6.03 Å². The Morgan fingerprint density at radius 1 is 0.920 bits per heavy atom. The molecule has 25 heavy (non-hydrogen) atoms. The summed E-state index contributed by atoms with van der Waals surface area (Å²) < 4.78 is 0. The quantitative estimate of drug-likeness (QED) is 0.653. The number of halogens is 2. The first-order valence-corrected chi connectivity index (χ1v) is 8.37. The molecule has 4 nitrogen and oxygen atoms in total. The molecule has 126 valence electrons. The summed E-state index contributed by atoms with van der Waals surface area (Å²) in [4.78, 5) is 16.8. The number of pyridine rings is 1. The molecule has 0 saturated heterocycles. The first-order chi connectivity index (χ1) is 12.1. The van der Waals surface area contributed by atoms with Crippen LogP contribution in [-0.2, 0) is 0 Å². The van der Waals surface area contributed by atoms with Gasteiger partial charge in [0.15, 0.2) is 0 Å². The topological polar surface area (TPSA) is 54.0 Å². The lowest BCUT2D eigenvalue weighted by Gasteiger charge is -2.19. The highest BCUT2D eigenvalue weighted by molar-refractivity contribution is 6.42. The molecule has 1 unspecified atom stereocenters. The Balaban J connectivity index is 1.80. The van der Waals surface area contributed by atoms with Crippen LogP contribution in [0.2, 0.25) is 10.0 Å². The van der Waals surface area contributed by atoms with Gasteiger partial charge < -0.3 is 10.6 Å². The van der Waals surface area contributed by atoms with Crippen LogP contribution in [0.1, 0.15) is 17.3 Å². The number of carbonyl (C=O) groups is 1. The van der Waals surface area contributed by atoms with Crippen LogP contribution in [0.3, 0.4) is 0 Å². The largest absolute Gasteiger partial charge is 0.325 e. The summed E-state index contributed by atoms with van der Waals surface area (Å²) in [6.07, 6.45) is 1.70. The molecule has 0 spiro atoms. The molecule has 2 aromatic carbocycles. The molecule has 0 saturated carbocycles. The highest BCUT2D eigenvalue weighted by Gasteiger charge is 2.18. The monoisotopic (exact) mass is 371 g/mol. The number of urea groups is 1. The number of hydrogen-bond donors (Lipinski definition) is 2. The van der Waals surface area contributed by atoms with Gasteiger partial charge in [-0.2, -0.15) is 0 Å². The Morgan fingerprint density at radius 3 is 2.36 bits per heavy atom. The minimum Gasteiger partial charge on any atom is -0.325 e. The molecule has 0 bridgehead atoms. The average molecular weight is 372 g/mol. The van der Waals surface area contributed by atoms with Crippen molar-refractivity contribution < 1.29 is 4.79 Å². The van der Waals surface area contributed by atoms with E-state index in [1.165, 1.54) is 0 Å². The fraction of sp³-hybridized carbons (Fsp3) is 0.0526. The van der Waals surface area contributed by atoms with Crippen LogP contribution < -0.4 is 10.6 Å². The number of amides is 2. The van der Waals surface area contributed by atoms with E-state index in [4.69, 9.17) is 23.2 Å². The summed E-state index contributed by atoms with van der Waals surface area (Å²) in [7, 11) is 0. The number of rotatable bonds is 4. The zero-order valence-corrected chi connectivity index (χ0v) is 14.6. The molecular weight excluding hydrogens is 357 g/mol. The van der Waals surface area contributed by atoms with Gasteiger partial charge in [0, 0.05) is 11.9 Å². The van der Waals surface area contributed by atoms with Crippen molar-refractivity contribution in [2.45, 2.75) is 6.04 Å². The summed E-state index contributed by atoms with van der Waals surface area (Å²) in [5.74, 6) is 0. The smallest absolute Gasteiger partial charge is 0.320 e. The van der Waals surface area contributed by atoms with Crippen LogP contribution in [0.25, 0.3) is 0 Å². The highest BCUT2D eigenvalue weighted by Crippen LogP contribution is 2.25. The van der Waals surface area contributed by atoms with Gasteiger partial charge in [0.25, 0.3) is 0 Å². The zero-order valence-electron chi connectivity index (χ0n) is 13.1. The number of hydrogen-bond acceptors (Lipinski definition) is 2. The molecule has 0 aliphatic carbocycles. The third-order valence-corrected chi connectivity index (χ3v) is 4.31. The first-order valence-electron chi connectivity index (χ1n) is 7.62. The van der Waals surface area contributed by atoms with Crippen molar-refractivity contribution in [1.82, 2.24) is 10.3 Å². The van der Waals surface area contributed by atoms with Gasteiger partial charge in [0.05, 0.1) is 21.8 Å². The summed E-state index contributed by atoms with van der Waals surface area (Å²) in [5, 5.41) is 6.51. The second-order valence-corrected chi connectivity index (χ2v) is 6.14. The van der Waals surface area contributed by atoms with Gasteiger partial charge in [-0.3, -0.25) is 4.98 Å². The number of nitrogens with one attached hydrogen (secondary N) is 2. The number of benzene rings is 2. The normalized spacial score (nSPS) is 11.6. The summed E-state index contributed by atoms with van der Waals surface area (Å²) in [5.41, 5.74) is 2.24. The van der Waals surface area contributed by atoms with E-state index in [2.05, 4.69) is 15.6 Å². The highest BCUT2D eigenvalue weighted by atomic mass is 35.5. The average Bonchev–Trinajstić information content (AvgIpc) is 2.64. The lowest BCUT2D eigenvalue weighted by molar-refractivity contribution is 0.250. The van der Waals surface area contributed by atoms with Crippen LogP contribution in [-0.4, -0.2) is 11.0 Å². The fourth-order valence-electron chi connectivity index (χ4n) is 2.39. The predicted octanol–water partition coefficient (Wildman–Crippen LogP) is 5.30. The van der Waals surface area contributed by atoms with E-state index in [9.17, 15) is 4.79 Å². The molecule has 2 N–H and O–H groups in total. The molecule has 3 rings (SSSR count). The predicted molar refractivity (Wildman–Crippen MR) is 101 cm³/mol. The molecule has 0 aliphatic rings. The van der Waals surface area contributed by atoms with Crippen LogP contribution in [0.15, 0.2) is 72.9 Å². The SMILES string of the molecule is O=C(Nc1ccc(Cl)c(Cl)c1)NC(c1ccccc1)c1ccccn1.